The number of hydrogen-bond acceptors (Lipinski definition) is 3. The third-order valence-corrected chi connectivity index (χ3v) is 7.93. The molecular weight excluding hydrogens is 488 g/mol. The van der Waals surface area contributed by atoms with E-state index in [9.17, 15) is 8.42 Å². The lowest BCUT2D eigenvalue weighted by molar-refractivity contribution is 0.355. The van der Waals surface area contributed by atoms with Gasteiger partial charge in [0.2, 0.25) is 0 Å². The van der Waals surface area contributed by atoms with Crippen LogP contribution >= 0.6 is 0 Å². The fraction of sp³-hybridized carbons (Fsp3) is 0.647. The van der Waals surface area contributed by atoms with Gasteiger partial charge in [-0.25, -0.2) is 0 Å². The molecule has 38 heavy (non-hydrogen) atoms. The molecule has 0 saturated heterocycles. The van der Waals surface area contributed by atoms with Crippen molar-refractivity contribution in [3.8, 4) is 0 Å². The van der Waals surface area contributed by atoms with Crippen LogP contribution in [-0.2, 0) is 14.3 Å². The fourth-order valence-corrected chi connectivity index (χ4v) is 4.98. The van der Waals surface area contributed by atoms with Gasteiger partial charge in [0, 0.05) is 0 Å². The van der Waals surface area contributed by atoms with Crippen LogP contribution in [0.4, 0.5) is 0 Å². The summed E-state index contributed by atoms with van der Waals surface area (Å²) in [5, 5.41) is 0. The van der Waals surface area contributed by atoms with Gasteiger partial charge in [0.05, 0.1) is 12.4 Å². The quantitative estimate of drug-likeness (QED) is 0.106. The molecule has 0 spiro atoms. The van der Waals surface area contributed by atoms with Gasteiger partial charge in [0.25, 0.3) is 10.1 Å². The monoisotopic (exact) mass is 546 g/mol. The van der Waals surface area contributed by atoms with Crippen LogP contribution in [0.15, 0.2) is 69.9 Å². The van der Waals surface area contributed by atoms with E-state index in [0.717, 1.165) is 64.2 Å². The maximum atomic E-state index is 11.7. The van der Waals surface area contributed by atoms with Crippen LogP contribution in [0.5, 0.6) is 0 Å². The zero-order valence-electron chi connectivity index (χ0n) is 26.0. The minimum Gasteiger partial charge on any atom is -0.266 e. The van der Waals surface area contributed by atoms with Crippen LogP contribution in [0.2, 0.25) is 0 Å². The van der Waals surface area contributed by atoms with Gasteiger partial charge in [0.1, 0.15) is 0 Å². The molecule has 0 aliphatic heterocycles. The minimum absolute atomic E-state index is 0.109. The Morgan fingerprint density at radius 3 is 1.24 bits per heavy atom. The molecule has 0 aromatic rings. The summed E-state index contributed by atoms with van der Waals surface area (Å²) in [5.74, 6) is 0.109. The number of unbranched alkanes of at least 4 members (excludes halogenated alkanes) is 1. The predicted molar refractivity (Wildman–Crippen MR) is 169 cm³/mol. The Labute approximate surface area is 237 Å². The highest BCUT2D eigenvalue weighted by Gasteiger charge is 2.08. The molecule has 0 radical (unpaired) electrons. The molecule has 0 fully saturated rings. The molecule has 0 rings (SSSR count). The molecule has 0 aromatic heterocycles. The first-order chi connectivity index (χ1) is 17.9. The van der Waals surface area contributed by atoms with Gasteiger partial charge in [-0.2, -0.15) is 8.42 Å². The highest BCUT2D eigenvalue weighted by Crippen LogP contribution is 2.16. The van der Waals surface area contributed by atoms with Crippen molar-refractivity contribution in [2.75, 3.05) is 12.4 Å². The van der Waals surface area contributed by atoms with Crippen LogP contribution in [-0.4, -0.2) is 20.8 Å². The fourth-order valence-electron chi connectivity index (χ4n) is 3.94. The molecular formula is C34H58O3S. The highest BCUT2D eigenvalue weighted by molar-refractivity contribution is 7.86. The Hall–Kier alpha value is -1.65. The first-order valence-electron chi connectivity index (χ1n) is 14.7. The summed E-state index contributed by atoms with van der Waals surface area (Å²) in [6, 6.07) is 0. The molecule has 0 bridgehead atoms. The van der Waals surface area contributed by atoms with E-state index in [1.165, 1.54) is 39.9 Å². The van der Waals surface area contributed by atoms with E-state index < -0.39 is 10.1 Å². The second-order valence-corrected chi connectivity index (χ2v) is 12.9. The summed E-state index contributed by atoms with van der Waals surface area (Å²) < 4.78 is 28.5. The van der Waals surface area contributed by atoms with Crippen LogP contribution in [0.1, 0.15) is 132 Å². The number of rotatable bonds is 21. The van der Waals surface area contributed by atoms with Crippen molar-refractivity contribution < 1.29 is 12.6 Å². The molecule has 0 heterocycles. The number of hydrogen-bond donors (Lipinski definition) is 0. The second kappa shape index (κ2) is 22.2. The predicted octanol–water partition coefficient (Wildman–Crippen LogP) is 10.7. The van der Waals surface area contributed by atoms with E-state index in [4.69, 9.17) is 4.18 Å². The molecule has 0 aliphatic rings. The van der Waals surface area contributed by atoms with Gasteiger partial charge < -0.3 is 0 Å². The van der Waals surface area contributed by atoms with E-state index in [2.05, 4.69) is 71.9 Å². The zero-order chi connectivity index (χ0) is 28.8. The summed E-state index contributed by atoms with van der Waals surface area (Å²) in [6.45, 7) is 17.5. The normalized spacial score (nSPS) is 14.3. The lowest BCUT2D eigenvalue weighted by Crippen LogP contribution is -2.10. The van der Waals surface area contributed by atoms with Crippen molar-refractivity contribution in [1.82, 2.24) is 0 Å². The molecule has 4 heteroatoms. The Morgan fingerprint density at radius 1 is 0.553 bits per heavy atom. The molecule has 0 atom stereocenters. The summed E-state index contributed by atoms with van der Waals surface area (Å²) in [5.41, 5.74) is 8.48. The average molecular weight is 547 g/mol. The molecule has 0 unspecified atom stereocenters. The van der Waals surface area contributed by atoms with Gasteiger partial charge in [-0.3, -0.25) is 4.18 Å². The summed E-state index contributed by atoms with van der Waals surface area (Å²) in [4.78, 5) is 0. The Bertz CT molecular complexity index is 936. The van der Waals surface area contributed by atoms with Gasteiger partial charge in [0.15, 0.2) is 0 Å². The van der Waals surface area contributed by atoms with Crippen LogP contribution < -0.4 is 0 Å². The molecule has 0 amide bonds. The van der Waals surface area contributed by atoms with Crippen molar-refractivity contribution in [2.45, 2.75) is 132 Å². The van der Waals surface area contributed by atoms with Crippen molar-refractivity contribution in [3.63, 3.8) is 0 Å². The van der Waals surface area contributed by atoms with Crippen molar-refractivity contribution in [3.05, 3.63) is 69.9 Å². The van der Waals surface area contributed by atoms with Crippen molar-refractivity contribution >= 4 is 10.1 Å². The molecule has 0 aromatic carbocycles. The van der Waals surface area contributed by atoms with Gasteiger partial charge >= 0.3 is 0 Å². The summed E-state index contributed by atoms with van der Waals surface area (Å²) in [6.07, 6.45) is 26.2. The molecule has 0 N–H and O–H groups in total. The lowest BCUT2D eigenvalue weighted by Gasteiger charge is -2.04. The standard InChI is InChI=1S/C34H58O3S/c1-9-10-28-38(35,36)37-27-26-34(8)25-15-24-33(7)23-14-22-32(6)21-13-20-31(5)19-12-18-30(4)17-11-16-29(2)3/h16,18,20,22,24,26H,9-15,17,19,21,23,25,27-28H2,1-8H3. The minimum atomic E-state index is -3.38. The maximum Gasteiger partial charge on any atom is 0.267 e. The Morgan fingerprint density at radius 2 is 0.895 bits per heavy atom. The Kier molecular flexibility index (Phi) is 21.2. The second-order valence-electron chi connectivity index (χ2n) is 11.1. The zero-order valence-corrected chi connectivity index (χ0v) is 26.8. The summed E-state index contributed by atoms with van der Waals surface area (Å²) >= 11 is 0. The van der Waals surface area contributed by atoms with E-state index in [-0.39, 0.29) is 12.4 Å². The van der Waals surface area contributed by atoms with Gasteiger partial charge in [-0.1, -0.05) is 83.2 Å². The first-order valence-corrected chi connectivity index (χ1v) is 16.3. The SMILES string of the molecule is CCCCS(=O)(=O)OCC=C(C)CCC=C(C)CCC=C(C)CCC=C(C)CCC=C(C)CCC=C(C)C. The Balaban J connectivity index is 4.19. The average Bonchev–Trinajstić information content (AvgIpc) is 2.82. The number of allylic oxidation sites excluding steroid dienone is 11. The highest BCUT2D eigenvalue weighted by atomic mass is 32.2. The topological polar surface area (TPSA) is 43.4 Å². The van der Waals surface area contributed by atoms with E-state index >= 15 is 0 Å². The van der Waals surface area contributed by atoms with E-state index in [1.807, 2.05) is 19.9 Å². The smallest absolute Gasteiger partial charge is 0.266 e. The molecule has 0 aliphatic carbocycles. The van der Waals surface area contributed by atoms with Crippen LogP contribution in [0, 0.1) is 0 Å². The van der Waals surface area contributed by atoms with E-state index in [1.54, 1.807) is 0 Å². The molecule has 3 nitrogen and oxygen atoms in total. The third kappa shape index (κ3) is 23.5. The lowest BCUT2D eigenvalue weighted by atomic mass is 10.0. The first kappa shape index (κ1) is 36.4. The maximum absolute atomic E-state index is 11.7. The van der Waals surface area contributed by atoms with Crippen molar-refractivity contribution in [1.29, 1.82) is 0 Å². The van der Waals surface area contributed by atoms with Gasteiger partial charge in [-0.15, -0.1) is 0 Å². The third-order valence-electron chi connectivity index (χ3n) is 6.64. The van der Waals surface area contributed by atoms with E-state index in [0.29, 0.717) is 6.42 Å². The molecule has 218 valence electrons. The molecule has 0 saturated carbocycles. The summed E-state index contributed by atoms with van der Waals surface area (Å²) in [7, 11) is -3.38. The van der Waals surface area contributed by atoms with Crippen molar-refractivity contribution in [2.24, 2.45) is 0 Å². The largest absolute Gasteiger partial charge is 0.267 e. The van der Waals surface area contributed by atoms with Gasteiger partial charge in [-0.05, 0) is 119 Å². The van der Waals surface area contributed by atoms with Crippen LogP contribution in [0.3, 0.4) is 0 Å². The van der Waals surface area contributed by atoms with Crippen LogP contribution in [0.25, 0.3) is 0 Å².